The highest BCUT2D eigenvalue weighted by Gasteiger charge is 2.29. The fraction of sp³-hybridized carbons (Fsp3) is 0.480. The van der Waals surface area contributed by atoms with Gasteiger partial charge in [0, 0.05) is 69.7 Å². The molecular weight excluding hydrogens is 418 g/mol. The molecule has 1 amide bonds. The van der Waals surface area contributed by atoms with Gasteiger partial charge in [0.2, 0.25) is 5.91 Å². The van der Waals surface area contributed by atoms with Crippen molar-refractivity contribution in [2.75, 3.05) is 33.9 Å². The minimum atomic E-state index is -0.458. The predicted octanol–water partition coefficient (Wildman–Crippen LogP) is 3.27. The Bertz CT molecular complexity index is 1080. The molecule has 4 rings (SSSR count). The van der Waals surface area contributed by atoms with Gasteiger partial charge in [-0.1, -0.05) is 12.1 Å². The number of benzene rings is 1. The highest BCUT2D eigenvalue weighted by atomic mass is 16.5. The van der Waals surface area contributed by atoms with Crippen LogP contribution in [0.5, 0.6) is 5.75 Å². The minimum Gasteiger partial charge on any atom is -0.496 e. The number of aromatic nitrogens is 3. The fourth-order valence-corrected chi connectivity index (χ4v) is 4.71. The van der Waals surface area contributed by atoms with Gasteiger partial charge in [-0.05, 0) is 37.5 Å². The maximum atomic E-state index is 13.2. The normalized spacial score (nSPS) is 17.3. The van der Waals surface area contributed by atoms with Gasteiger partial charge in [-0.25, -0.2) is 4.98 Å². The van der Waals surface area contributed by atoms with Crippen molar-refractivity contribution in [1.82, 2.24) is 19.4 Å². The number of carbonyl (C=O) groups excluding carboxylic acids is 1. The van der Waals surface area contributed by atoms with E-state index in [1.165, 1.54) is 0 Å². The van der Waals surface area contributed by atoms with E-state index in [-0.39, 0.29) is 18.2 Å². The van der Waals surface area contributed by atoms with Crippen molar-refractivity contribution in [2.24, 2.45) is 5.73 Å². The summed E-state index contributed by atoms with van der Waals surface area (Å²) in [5.41, 5.74) is 9.26. The van der Waals surface area contributed by atoms with E-state index in [1.54, 1.807) is 32.7 Å². The maximum Gasteiger partial charge on any atom is 0.224 e. The molecule has 1 fully saturated rings. The van der Waals surface area contributed by atoms with Crippen molar-refractivity contribution in [3.05, 3.63) is 54.1 Å². The maximum absolute atomic E-state index is 13.2. The molecular formula is C25H33N5O3. The van der Waals surface area contributed by atoms with E-state index in [1.807, 2.05) is 17.0 Å². The summed E-state index contributed by atoms with van der Waals surface area (Å²) in [6.07, 6.45) is 6.44. The first-order valence-electron chi connectivity index (χ1n) is 11.6. The molecule has 0 radical (unpaired) electrons. The molecule has 8 heteroatoms. The zero-order chi connectivity index (χ0) is 23.2. The number of amides is 1. The van der Waals surface area contributed by atoms with Crippen LogP contribution in [0.4, 0.5) is 0 Å². The molecule has 3 aromatic rings. The van der Waals surface area contributed by atoms with Gasteiger partial charge in [-0.2, -0.15) is 0 Å². The predicted molar refractivity (Wildman–Crippen MR) is 127 cm³/mol. The molecule has 1 aliphatic heterocycles. The smallest absolute Gasteiger partial charge is 0.224 e. The molecule has 33 heavy (non-hydrogen) atoms. The lowest BCUT2D eigenvalue weighted by atomic mass is 9.96. The molecule has 8 nitrogen and oxygen atoms in total. The number of nitrogens with two attached hydrogens (primary N) is 1. The van der Waals surface area contributed by atoms with Crippen LogP contribution in [0.25, 0.3) is 11.0 Å². The second-order valence-electron chi connectivity index (χ2n) is 8.56. The Hall–Kier alpha value is -2.97. The number of nitrogens with zero attached hydrogens (tertiary/aromatic N) is 4. The van der Waals surface area contributed by atoms with Crippen LogP contribution in [0.3, 0.4) is 0 Å². The summed E-state index contributed by atoms with van der Waals surface area (Å²) in [7, 11) is 3.32. The van der Waals surface area contributed by atoms with Crippen LogP contribution in [0.15, 0.2) is 42.7 Å². The lowest BCUT2D eigenvalue weighted by Gasteiger charge is -2.33. The molecule has 0 aliphatic carbocycles. The average molecular weight is 452 g/mol. The van der Waals surface area contributed by atoms with E-state index < -0.39 is 6.04 Å². The van der Waals surface area contributed by atoms with Gasteiger partial charge in [0.25, 0.3) is 0 Å². The zero-order valence-corrected chi connectivity index (χ0v) is 19.4. The van der Waals surface area contributed by atoms with Crippen molar-refractivity contribution in [2.45, 2.75) is 44.2 Å². The number of pyridine rings is 1. The molecule has 2 aromatic heterocycles. The monoisotopic (exact) mass is 451 g/mol. The lowest BCUT2D eigenvalue weighted by molar-refractivity contribution is -0.132. The fourth-order valence-electron chi connectivity index (χ4n) is 4.71. The summed E-state index contributed by atoms with van der Waals surface area (Å²) in [5, 5.41) is 0. The molecule has 176 valence electrons. The molecule has 1 aromatic carbocycles. The third kappa shape index (κ3) is 5.17. The van der Waals surface area contributed by atoms with Gasteiger partial charge in [0.05, 0.1) is 18.1 Å². The molecule has 3 heterocycles. The van der Waals surface area contributed by atoms with Crippen molar-refractivity contribution < 1.29 is 14.3 Å². The highest BCUT2D eigenvalue weighted by molar-refractivity contribution is 5.78. The molecule has 0 spiro atoms. The zero-order valence-electron chi connectivity index (χ0n) is 19.4. The molecule has 0 unspecified atom stereocenters. The van der Waals surface area contributed by atoms with Gasteiger partial charge in [0.15, 0.2) is 0 Å². The summed E-state index contributed by atoms with van der Waals surface area (Å²) < 4.78 is 13.0. The Morgan fingerprint density at radius 3 is 2.94 bits per heavy atom. The summed E-state index contributed by atoms with van der Waals surface area (Å²) in [6, 6.07) is 9.54. The quantitative estimate of drug-likeness (QED) is 0.502. The van der Waals surface area contributed by atoms with Gasteiger partial charge in [0.1, 0.15) is 11.6 Å². The number of hydrogen-bond donors (Lipinski definition) is 1. The van der Waals surface area contributed by atoms with E-state index in [4.69, 9.17) is 20.2 Å². The van der Waals surface area contributed by atoms with Crippen molar-refractivity contribution in [3.63, 3.8) is 0 Å². The van der Waals surface area contributed by atoms with E-state index in [2.05, 4.69) is 21.7 Å². The third-order valence-electron chi connectivity index (χ3n) is 6.38. The number of para-hydroxylation sites is 2. The highest BCUT2D eigenvalue weighted by Crippen LogP contribution is 2.31. The van der Waals surface area contributed by atoms with Crippen LogP contribution in [0, 0.1) is 0 Å². The van der Waals surface area contributed by atoms with Crippen LogP contribution in [-0.2, 0) is 16.1 Å². The molecule has 0 bridgehead atoms. The van der Waals surface area contributed by atoms with Crippen LogP contribution in [0.1, 0.15) is 49.0 Å². The number of methoxy groups -OCH3 is 2. The van der Waals surface area contributed by atoms with E-state index in [0.29, 0.717) is 18.9 Å². The number of hydrogen-bond acceptors (Lipinski definition) is 6. The largest absolute Gasteiger partial charge is 0.496 e. The van der Waals surface area contributed by atoms with Crippen LogP contribution in [-0.4, -0.2) is 59.3 Å². The standard InChI is InChI=1S/C25H33N5O3/c1-32-14-6-13-30-22-9-4-3-8-21(22)28-25(30)18-7-5-12-29(17-18)24(31)15-20(26)19-16-27-11-10-23(19)33-2/h3-4,8-11,16,18,20H,5-7,12-15,17,26H2,1-2H3/t18-,20+/m1/s1. The second kappa shape index (κ2) is 10.8. The van der Waals surface area contributed by atoms with Crippen LogP contribution in [0.2, 0.25) is 0 Å². The summed E-state index contributed by atoms with van der Waals surface area (Å²) in [4.78, 5) is 24.2. The lowest BCUT2D eigenvalue weighted by Crippen LogP contribution is -2.41. The number of carbonyl (C=O) groups is 1. The van der Waals surface area contributed by atoms with Crippen molar-refractivity contribution >= 4 is 16.9 Å². The Morgan fingerprint density at radius 2 is 2.12 bits per heavy atom. The van der Waals surface area contributed by atoms with Crippen molar-refractivity contribution in [3.8, 4) is 5.75 Å². The molecule has 2 atom stereocenters. The third-order valence-corrected chi connectivity index (χ3v) is 6.38. The number of piperidine rings is 1. The molecule has 1 aliphatic rings. The van der Waals surface area contributed by atoms with E-state index in [0.717, 1.165) is 54.8 Å². The van der Waals surface area contributed by atoms with Gasteiger partial charge in [-0.3, -0.25) is 9.78 Å². The van der Waals surface area contributed by atoms with Crippen molar-refractivity contribution in [1.29, 1.82) is 0 Å². The Balaban J connectivity index is 1.50. The number of likely N-dealkylation sites (tertiary alicyclic amines) is 1. The van der Waals surface area contributed by atoms with Crippen LogP contribution >= 0.6 is 0 Å². The molecule has 1 saturated heterocycles. The average Bonchev–Trinajstić information content (AvgIpc) is 3.23. The minimum absolute atomic E-state index is 0.0557. The second-order valence-corrected chi connectivity index (χ2v) is 8.56. The number of aryl methyl sites for hydroxylation is 1. The number of fused-ring (bicyclic) bond motifs is 1. The van der Waals surface area contributed by atoms with E-state index in [9.17, 15) is 4.79 Å². The Kier molecular flexibility index (Phi) is 7.57. The van der Waals surface area contributed by atoms with Gasteiger partial charge in [-0.15, -0.1) is 0 Å². The SMILES string of the molecule is COCCCn1c([C@@H]2CCCN(C(=O)C[C@H](N)c3cnccc3OC)C2)nc2ccccc21. The first-order valence-corrected chi connectivity index (χ1v) is 11.6. The van der Waals surface area contributed by atoms with Crippen LogP contribution < -0.4 is 10.5 Å². The number of imidazole rings is 1. The number of ether oxygens (including phenoxy) is 2. The first-order chi connectivity index (χ1) is 16.1. The summed E-state index contributed by atoms with van der Waals surface area (Å²) in [6.45, 7) is 2.95. The topological polar surface area (TPSA) is 95.5 Å². The molecule has 2 N–H and O–H groups in total. The van der Waals surface area contributed by atoms with Gasteiger partial charge < -0.3 is 24.7 Å². The number of rotatable bonds is 9. The summed E-state index contributed by atoms with van der Waals surface area (Å²) >= 11 is 0. The van der Waals surface area contributed by atoms with Gasteiger partial charge >= 0.3 is 0 Å². The first kappa shape index (κ1) is 23.2. The summed E-state index contributed by atoms with van der Waals surface area (Å²) in [5.74, 6) is 1.97. The molecule has 0 saturated carbocycles. The Morgan fingerprint density at radius 1 is 1.27 bits per heavy atom. The Labute approximate surface area is 194 Å². The van der Waals surface area contributed by atoms with E-state index >= 15 is 0 Å².